The fraction of sp³-hybridized carbons (Fsp3) is 0. The second-order valence-electron chi connectivity index (χ2n) is 7.80. The third-order valence-corrected chi connectivity index (χ3v) is 5.61. The number of rotatable bonds is 5. The fourth-order valence-electron chi connectivity index (χ4n) is 3.53. The topological polar surface area (TPSA) is 113 Å². The van der Waals surface area contributed by atoms with Crippen molar-refractivity contribution in [3.8, 4) is 11.3 Å². The highest BCUT2D eigenvalue weighted by Crippen LogP contribution is 2.25. The van der Waals surface area contributed by atoms with Gasteiger partial charge >= 0.3 is 6.03 Å². The van der Waals surface area contributed by atoms with Crippen LogP contribution in [0.25, 0.3) is 22.3 Å². The lowest BCUT2D eigenvalue weighted by atomic mass is 10.0. The maximum Gasteiger partial charge on any atom is 0.323 e. The van der Waals surface area contributed by atoms with E-state index in [2.05, 4.69) is 30.8 Å². The number of anilines is 2. The number of aromatic amines is 1. The molecule has 0 atom stereocenters. The normalized spacial score (nSPS) is 10.9. The SMILES string of the molecule is O=C(Nc1ccc(Cl)c(F)c1)Nc1cc(F)c(F)c(C(=O)c2ccc3ncc(-c4cn[nH]c4)nc3c2)c1. The van der Waals surface area contributed by atoms with E-state index in [-0.39, 0.29) is 22.0 Å². The Kier molecular flexibility index (Phi) is 6.28. The second-order valence-corrected chi connectivity index (χ2v) is 8.21. The molecule has 0 fully saturated rings. The molecule has 0 aliphatic carbocycles. The molecule has 12 heteroatoms. The number of aromatic nitrogens is 4. The highest BCUT2D eigenvalue weighted by atomic mass is 35.5. The number of carbonyl (C=O) groups excluding carboxylic acids is 2. The first-order valence-corrected chi connectivity index (χ1v) is 11.0. The Morgan fingerprint density at radius 3 is 2.41 bits per heavy atom. The van der Waals surface area contributed by atoms with Crippen molar-refractivity contribution in [3.63, 3.8) is 0 Å². The van der Waals surface area contributed by atoms with Gasteiger partial charge in [-0.15, -0.1) is 0 Å². The molecule has 37 heavy (non-hydrogen) atoms. The van der Waals surface area contributed by atoms with Gasteiger partial charge in [-0.05, 0) is 42.5 Å². The summed E-state index contributed by atoms with van der Waals surface area (Å²) in [5.41, 5.74) is 1.32. The highest BCUT2D eigenvalue weighted by Gasteiger charge is 2.20. The van der Waals surface area contributed by atoms with Crippen LogP contribution in [0.3, 0.4) is 0 Å². The zero-order valence-corrected chi connectivity index (χ0v) is 19.3. The molecule has 8 nitrogen and oxygen atoms in total. The first-order chi connectivity index (χ1) is 17.8. The molecular formula is C25H14ClF3N6O2. The van der Waals surface area contributed by atoms with Crippen LogP contribution in [0, 0.1) is 17.5 Å². The lowest BCUT2D eigenvalue weighted by Crippen LogP contribution is -2.20. The van der Waals surface area contributed by atoms with Gasteiger partial charge in [0, 0.05) is 34.8 Å². The highest BCUT2D eigenvalue weighted by molar-refractivity contribution is 6.30. The molecular weight excluding hydrogens is 509 g/mol. The third kappa shape index (κ3) is 4.98. The van der Waals surface area contributed by atoms with Gasteiger partial charge in [-0.2, -0.15) is 5.10 Å². The Bertz CT molecular complexity index is 1680. The quantitative estimate of drug-likeness (QED) is 0.246. The van der Waals surface area contributed by atoms with Crippen molar-refractivity contribution in [2.75, 3.05) is 10.6 Å². The molecule has 2 heterocycles. The van der Waals surface area contributed by atoms with E-state index in [1.807, 2.05) is 0 Å². The summed E-state index contributed by atoms with van der Waals surface area (Å²) in [5, 5.41) is 11.0. The van der Waals surface area contributed by atoms with Crippen LogP contribution in [0.15, 0.2) is 67.1 Å². The van der Waals surface area contributed by atoms with Gasteiger partial charge in [-0.1, -0.05) is 11.6 Å². The number of nitrogens with one attached hydrogen (secondary N) is 3. The van der Waals surface area contributed by atoms with Crippen molar-refractivity contribution >= 4 is 45.8 Å². The van der Waals surface area contributed by atoms with E-state index >= 15 is 0 Å². The number of benzene rings is 3. The van der Waals surface area contributed by atoms with Crippen LogP contribution in [0.1, 0.15) is 15.9 Å². The fourth-order valence-corrected chi connectivity index (χ4v) is 3.65. The molecule has 0 bridgehead atoms. The summed E-state index contributed by atoms with van der Waals surface area (Å²) in [5.74, 6) is -4.31. The number of ketones is 1. The molecule has 3 N–H and O–H groups in total. The number of urea groups is 1. The predicted molar refractivity (Wildman–Crippen MR) is 131 cm³/mol. The van der Waals surface area contributed by atoms with E-state index in [1.54, 1.807) is 18.6 Å². The molecule has 0 radical (unpaired) electrons. The Morgan fingerprint density at radius 2 is 1.65 bits per heavy atom. The monoisotopic (exact) mass is 522 g/mol. The Labute approximate surface area is 211 Å². The molecule has 5 aromatic rings. The van der Waals surface area contributed by atoms with E-state index in [0.717, 1.165) is 18.2 Å². The third-order valence-electron chi connectivity index (χ3n) is 5.31. The maximum atomic E-state index is 14.6. The van der Waals surface area contributed by atoms with Crippen LogP contribution in [-0.2, 0) is 0 Å². The smallest absolute Gasteiger partial charge is 0.308 e. The summed E-state index contributed by atoms with van der Waals surface area (Å²) in [7, 11) is 0. The summed E-state index contributed by atoms with van der Waals surface area (Å²) in [4.78, 5) is 34.2. The lowest BCUT2D eigenvalue weighted by molar-refractivity contribution is 0.103. The summed E-state index contributed by atoms with van der Waals surface area (Å²) in [6, 6.07) is 8.78. The molecule has 184 valence electrons. The average Bonchev–Trinajstić information content (AvgIpc) is 3.42. The number of amides is 2. The number of hydrogen-bond donors (Lipinski definition) is 3. The van der Waals surface area contributed by atoms with Crippen molar-refractivity contribution in [2.45, 2.75) is 0 Å². The van der Waals surface area contributed by atoms with Gasteiger partial charge in [0.15, 0.2) is 17.4 Å². The maximum absolute atomic E-state index is 14.6. The van der Waals surface area contributed by atoms with Gasteiger partial charge in [-0.25, -0.2) is 22.9 Å². The zero-order valence-electron chi connectivity index (χ0n) is 18.5. The molecule has 0 saturated heterocycles. The predicted octanol–water partition coefficient (Wildman–Crippen LogP) is 5.97. The van der Waals surface area contributed by atoms with Crippen molar-refractivity contribution in [1.82, 2.24) is 20.2 Å². The van der Waals surface area contributed by atoms with Gasteiger partial charge < -0.3 is 10.6 Å². The van der Waals surface area contributed by atoms with Crippen LogP contribution in [0.5, 0.6) is 0 Å². The van der Waals surface area contributed by atoms with E-state index in [1.165, 1.54) is 30.3 Å². The van der Waals surface area contributed by atoms with Gasteiger partial charge in [0.05, 0.1) is 39.7 Å². The molecule has 0 spiro atoms. The molecule has 0 saturated carbocycles. The number of hydrogen-bond acceptors (Lipinski definition) is 5. The van der Waals surface area contributed by atoms with Crippen molar-refractivity contribution < 1.29 is 22.8 Å². The summed E-state index contributed by atoms with van der Waals surface area (Å²) >= 11 is 5.62. The van der Waals surface area contributed by atoms with Gasteiger partial charge in [0.2, 0.25) is 0 Å². The first kappa shape index (κ1) is 23.9. The second kappa shape index (κ2) is 9.70. The van der Waals surface area contributed by atoms with Crippen LogP contribution in [0.2, 0.25) is 5.02 Å². The molecule has 0 aliphatic rings. The summed E-state index contributed by atoms with van der Waals surface area (Å²) in [6.45, 7) is 0. The average molecular weight is 523 g/mol. The van der Waals surface area contributed by atoms with Crippen molar-refractivity contribution in [2.24, 2.45) is 0 Å². The Balaban J connectivity index is 1.42. The minimum atomic E-state index is -1.38. The minimum absolute atomic E-state index is 0.0303. The van der Waals surface area contributed by atoms with Crippen molar-refractivity contribution in [1.29, 1.82) is 0 Å². The van der Waals surface area contributed by atoms with E-state index in [9.17, 15) is 22.8 Å². The number of nitrogens with zero attached hydrogens (tertiary/aromatic N) is 3. The summed E-state index contributed by atoms with van der Waals surface area (Å²) < 4.78 is 42.6. The first-order valence-electron chi connectivity index (χ1n) is 10.6. The van der Waals surface area contributed by atoms with Crippen LogP contribution >= 0.6 is 11.6 Å². The molecule has 2 amide bonds. The number of fused-ring (bicyclic) bond motifs is 1. The van der Waals surface area contributed by atoms with E-state index < -0.39 is 34.8 Å². The van der Waals surface area contributed by atoms with Crippen LogP contribution in [0.4, 0.5) is 29.3 Å². The van der Waals surface area contributed by atoms with Crippen LogP contribution < -0.4 is 10.6 Å². The number of H-pyrrole nitrogens is 1. The van der Waals surface area contributed by atoms with E-state index in [4.69, 9.17) is 11.6 Å². The number of halogens is 4. The molecule has 5 rings (SSSR count). The summed E-state index contributed by atoms with van der Waals surface area (Å²) in [6.07, 6.45) is 4.73. The van der Waals surface area contributed by atoms with Crippen LogP contribution in [-0.4, -0.2) is 32.0 Å². The van der Waals surface area contributed by atoms with Gasteiger partial charge in [0.1, 0.15) is 5.82 Å². The molecule has 0 unspecified atom stereocenters. The lowest BCUT2D eigenvalue weighted by Gasteiger charge is -2.11. The van der Waals surface area contributed by atoms with Gasteiger partial charge in [0.25, 0.3) is 0 Å². The molecule has 0 aliphatic heterocycles. The standard InChI is InChI=1S/C25H14ClF3N6O2/c26-17-3-2-14(7-18(17)27)33-25(37)34-15-6-16(23(29)19(28)8-15)24(36)12-1-4-20-21(5-12)35-22(11-30-20)13-9-31-32-10-13/h1-11H,(H,31,32)(H2,33,34,37). The molecule has 2 aromatic heterocycles. The van der Waals surface area contributed by atoms with Crippen molar-refractivity contribution in [3.05, 3.63) is 101 Å². The van der Waals surface area contributed by atoms with E-state index in [0.29, 0.717) is 22.3 Å². The zero-order chi connectivity index (χ0) is 26.1. The largest absolute Gasteiger partial charge is 0.323 e. The van der Waals surface area contributed by atoms with Gasteiger partial charge in [-0.3, -0.25) is 14.9 Å². The Hall–Kier alpha value is -4.77. The molecule has 3 aromatic carbocycles. The minimum Gasteiger partial charge on any atom is -0.308 e. The Morgan fingerprint density at radius 1 is 0.865 bits per heavy atom. The number of carbonyl (C=O) groups is 2.